The number of amides is 1. The molecule has 7 nitrogen and oxygen atoms in total. The number of rotatable bonds is 6. The molecule has 164 valence electrons. The Balaban J connectivity index is 1.33. The zero-order valence-corrected chi connectivity index (χ0v) is 18.6. The quantitative estimate of drug-likeness (QED) is 0.599. The Morgan fingerprint density at radius 3 is 2.50 bits per heavy atom. The zero-order chi connectivity index (χ0) is 22.3. The van der Waals surface area contributed by atoms with Crippen molar-refractivity contribution in [3.05, 3.63) is 65.9 Å². The van der Waals surface area contributed by atoms with Gasteiger partial charge in [-0.25, -0.2) is 13.9 Å². The van der Waals surface area contributed by atoms with E-state index in [1.165, 1.54) is 0 Å². The Labute approximate surface area is 188 Å². The van der Waals surface area contributed by atoms with E-state index in [9.17, 15) is 9.00 Å². The van der Waals surface area contributed by atoms with Gasteiger partial charge in [0.05, 0.1) is 10.3 Å². The van der Waals surface area contributed by atoms with Gasteiger partial charge in [-0.15, -0.1) is 0 Å². The number of anilines is 1. The molecule has 1 saturated carbocycles. The zero-order valence-electron chi connectivity index (χ0n) is 17.8. The molecule has 1 aliphatic heterocycles. The second kappa shape index (κ2) is 8.03. The van der Waals surface area contributed by atoms with Gasteiger partial charge in [0.2, 0.25) is 12.7 Å². The fourth-order valence-electron chi connectivity index (χ4n) is 4.00. The first kappa shape index (κ1) is 20.7. The molecule has 2 heterocycles. The van der Waals surface area contributed by atoms with Crippen molar-refractivity contribution in [3.63, 3.8) is 0 Å². The molecule has 0 saturated heterocycles. The summed E-state index contributed by atoms with van der Waals surface area (Å²) in [6, 6.07) is 15.1. The number of hydrogen-bond donors (Lipinski definition) is 2. The van der Waals surface area contributed by atoms with Crippen molar-refractivity contribution in [2.45, 2.75) is 30.1 Å². The van der Waals surface area contributed by atoms with Crippen LogP contribution < -0.4 is 19.5 Å². The lowest BCUT2D eigenvalue weighted by Gasteiger charge is -2.16. The number of carbonyl (C=O) groups excluding carboxylic acids is 1. The summed E-state index contributed by atoms with van der Waals surface area (Å²) in [6.45, 7) is 2.20. The number of carbonyl (C=O) groups is 1. The molecule has 0 spiro atoms. The molecular formula is C24H23N3O4S. The van der Waals surface area contributed by atoms with Gasteiger partial charge in [-0.05, 0) is 73.8 Å². The van der Waals surface area contributed by atoms with Crippen LogP contribution in [0.3, 0.4) is 0 Å². The second-order valence-electron chi connectivity index (χ2n) is 7.99. The third-order valence-corrected chi connectivity index (χ3v) is 7.10. The molecule has 1 atom stereocenters. The summed E-state index contributed by atoms with van der Waals surface area (Å²) < 4.78 is 25.4. The molecule has 1 amide bonds. The molecule has 1 fully saturated rings. The molecule has 32 heavy (non-hydrogen) atoms. The molecule has 0 radical (unpaired) electrons. The molecule has 1 aliphatic carbocycles. The number of nitrogens with zero attached hydrogens (tertiary/aromatic N) is 1. The minimum atomic E-state index is -1.22. The first-order valence-electron chi connectivity index (χ1n) is 10.4. The standard InChI is InChI=1S/C24H23N3O4S/c1-15-11-22(26-13-19(15)16-3-6-18(7-4-16)32(29)25-2)27-23(28)24(9-10-24)17-5-8-20-21(12-17)31-14-30-20/h3-8,11-13,25H,9-10,14H2,1-2H3,(H,26,27,28). The summed E-state index contributed by atoms with van der Waals surface area (Å²) in [5.74, 6) is 1.86. The van der Waals surface area contributed by atoms with Gasteiger partial charge in [-0.1, -0.05) is 18.2 Å². The van der Waals surface area contributed by atoms with Gasteiger partial charge in [0.1, 0.15) is 16.8 Å². The number of fused-ring (bicyclic) bond motifs is 1. The third-order valence-electron chi connectivity index (χ3n) is 6.03. The summed E-state index contributed by atoms with van der Waals surface area (Å²) in [6.07, 6.45) is 3.33. The van der Waals surface area contributed by atoms with Crippen molar-refractivity contribution in [1.82, 2.24) is 9.71 Å². The van der Waals surface area contributed by atoms with Crippen LogP contribution in [0, 0.1) is 6.92 Å². The van der Waals surface area contributed by atoms with E-state index >= 15 is 0 Å². The Morgan fingerprint density at radius 1 is 1.06 bits per heavy atom. The number of aryl methyl sites for hydroxylation is 1. The summed E-state index contributed by atoms with van der Waals surface area (Å²) >= 11 is 0. The maximum Gasteiger partial charge on any atom is 0.236 e. The van der Waals surface area contributed by atoms with E-state index in [4.69, 9.17) is 9.47 Å². The van der Waals surface area contributed by atoms with Crippen LogP contribution in [0.15, 0.2) is 59.6 Å². The molecule has 0 bridgehead atoms. The maximum atomic E-state index is 13.1. The van der Waals surface area contributed by atoms with Gasteiger partial charge in [0.15, 0.2) is 11.5 Å². The lowest BCUT2D eigenvalue weighted by Crippen LogP contribution is -2.28. The SMILES string of the molecule is CNS(=O)c1ccc(-c2cnc(NC(=O)C3(c4ccc5c(c4)OCO5)CC3)cc2C)cc1. The first-order valence-corrected chi connectivity index (χ1v) is 11.5. The summed E-state index contributed by atoms with van der Waals surface area (Å²) in [5, 5.41) is 2.99. The van der Waals surface area contributed by atoms with Crippen molar-refractivity contribution in [1.29, 1.82) is 0 Å². The molecule has 1 aromatic heterocycles. The van der Waals surface area contributed by atoms with E-state index < -0.39 is 16.4 Å². The lowest BCUT2D eigenvalue weighted by atomic mass is 9.94. The first-order chi connectivity index (χ1) is 15.5. The predicted octanol–water partition coefficient (Wildman–Crippen LogP) is 3.70. The lowest BCUT2D eigenvalue weighted by molar-refractivity contribution is -0.118. The van der Waals surface area contributed by atoms with Crippen molar-refractivity contribution >= 4 is 22.7 Å². The fraction of sp³-hybridized carbons (Fsp3) is 0.250. The van der Waals surface area contributed by atoms with Crippen LogP contribution in [0.5, 0.6) is 11.5 Å². The molecule has 1 unspecified atom stereocenters. The van der Waals surface area contributed by atoms with Crippen LogP contribution in [0.4, 0.5) is 5.82 Å². The van der Waals surface area contributed by atoms with E-state index in [0.29, 0.717) is 22.2 Å². The molecule has 8 heteroatoms. The van der Waals surface area contributed by atoms with Gasteiger partial charge in [0.25, 0.3) is 0 Å². The Kier molecular flexibility index (Phi) is 5.19. The van der Waals surface area contributed by atoms with Gasteiger partial charge in [-0.2, -0.15) is 0 Å². The van der Waals surface area contributed by atoms with E-state index in [2.05, 4.69) is 15.0 Å². The normalized spacial score (nSPS) is 16.4. The van der Waals surface area contributed by atoms with Gasteiger partial charge in [0, 0.05) is 11.8 Å². The van der Waals surface area contributed by atoms with E-state index in [1.807, 2.05) is 55.5 Å². The number of pyridine rings is 1. The molecular weight excluding hydrogens is 426 g/mol. The molecule has 3 aromatic rings. The van der Waals surface area contributed by atoms with Crippen molar-refractivity contribution in [2.24, 2.45) is 0 Å². The van der Waals surface area contributed by atoms with Crippen molar-refractivity contribution in [3.8, 4) is 22.6 Å². The number of nitrogens with one attached hydrogen (secondary N) is 2. The van der Waals surface area contributed by atoms with Crippen LogP contribution in [-0.4, -0.2) is 28.9 Å². The van der Waals surface area contributed by atoms with E-state index in [-0.39, 0.29) is 12.7 Å². The van der Waals surface area contributed by atoms with Crippen LogP contribution in [0.1, 0.15) is 24.0 Å². The topological polar surface area (TPSA) is 89.6 Å². The number of aromatic nitrogens is 1. The number of ether oxygens (including phenoxy) is 2. The number of benzene rings is 2. The average molecular weight is 450 g/mol. The largest absolute Gasteiger partial charge is 0.454 e. The van der Waals surface area contributed by atoms with Gasteiger partial charge < -0.3 is 14.8 Å². The van der Waals surface area contributed by atoms with Crippen LogP contribution >= 0.6 is 0 Å². The Bertz CT molecular complexity index is 1220. The van der Waals surface area contributed by atoms with E-state index in [1.54, 1.807) is 13.2 Å². The third kappa shape index (κ3) is 3.65. The Morgan fingerprint density at radius 2 is 1.81 bits per heavy atom. The van der Waals surface area contributed by atoms with Crippen molar-refractivity contribution in [2.75, 3.05) is 19.2 Å². The minimum Gasteiger partial charge on any atom is -0.454 e. The molecule has 2 aromatic carbocycles. The highest BCUT2D eigenvalue weighted by Gasteiger charge is 2.51. The Hall–Kier alpha value is -3.23. The average Bonchev–Trinajstić information content (AvgIpc) is 3.49. The maximum absolute atomic E-state index is 13.1. The van der Waals surface area contributed by atoms with E-state index in [0.717, 1.165) is 35.1 Å². The highest BCUT2D eigenvalue weighted by Crippen LogP contribution is 2.51. The monoisotopic (exact) mass is 449 g/mol. The molecule has 5 rings (SSSR count). The highest BCUT2D eigenvalue weighted by atomic mass is 32.2. The summed E-state index contributed by atoms with van der Waals surface area (Å²) in [5.41, 5.74) is 3.32. The highest BCUT2D eigenvalue weighted by molar-refractivity contribution is 7.83. The summed E-state index contributed by atoms with van der Waals surface area (Å²) in [7, 11) is 0.439. The predicted molar refractivity (Wildman–Crippen MR) is 122 cm³/mol. The second-order valence-corrected chi connectivity index (χ2v) is 9.40. The molecule has 2 N–H and O–H groups in total. The van der Waals surface area contributed by atoms with Gasteiger partial charge >= 0.3 is 0 Å². The molecule has 2 aliphatic rings. The van der Waals surface area contributed by atoms with Gasteiger partial charge in [-0.3, -0.25) is 4.79 Å². The smallest absolute Gasteiger partial charge is 0.236 e. The summed E-state index contributed by atoms with van der Waals surface area (Å²) in [4.78, 5) is 18.3. The van der Waals surface area contributed by atoms with Crippen molar-refractivity contribution < 1.29 is 18.5 Å². The van der Waals surface area contributed by atoms with Crippen LogP contribution in [0.2, 0.25) is 0 Å². The minimum absolute atomic E-state index is 0.0603. The van der Waals surface area contributed by atoms with Crippen LogP contribution in [0.25, 0.3) is 11.1 Å². The number of hydrogen-bond acceptors (Lipinski definition) is 5. The van der Waals surface area contributed by atoms with Crippen LogP contribution in [-0.2, 0) is 21.2 Å². The fourth-order valence-corrected chi connectivity index (χ4v) is 4.62.